The van der Waals surface area contributed by atoms with Crippen molar-refractivity contribution in [1.82, 2.24) is 5.06 Å². The van der Waals surface area contributed by atoms with Gasteiger partial charge in [-0.2, -0.15) is 39.5 Å². The molecule has 203 valence electrons. The molecule has 4 nitrogen and oxygen atoms in total. The summed E-state index contributed by atoms with van der Waals surface area (Å²) in [6.07, 6.45) is -16.9. The van der Waals surface area contributed by atoms with Gasteiger partial charge in [-0.3, -0.25) is 0 Å². The second-order valence-corrected chi connectivity index (χ2v) is 9.96. The Morgan fingerprint density at radius 3 is 1.41 bits per heavy atom. The fourth-order valence-corrected chi connectivity index (χ4v) is 4.40. The molecule has 0 amide bonds. The first kappa shape index (κ1) is 31.2. The molecule has 0 aliphatic carbocycles. The van der Waals surface area contributed by atoms with E-state index >= 15 is 0 Å². The van der Waals surface area contributed by atoms with Crippen LogP contribution in [0.5, 0.6) is 0 Å². The van der Waals surface area contributed by atoms with Gasteiger partial charge >= 0.3 is 24.1 Å². The largest absolute Gasteiger partial charge is 0.435 e. The van der Waals surface area contributed by atoms with E-state index in [0.717, 1.165) is 5.06 Å². The van der Waals surface area contributed by atoms with Crippen LogP contribution >= 0.6 is 0 Å². The first-order valence-corrected chi connectivity index (χ1v) is 11.1. The molecule has 0 aromatic carbocycles. The van der Waals surface area contributed by atoms with Crippen LogP contribution in [0, 0.1) is 0 Å². The number of halogens is 9. The summed E-state index contributed by atoms with van der Waals surface area (Å²) in [5.41, 5.74) is -7.32. The van der Waals surface area contributed by atoms with Crippen molar-refractivity contribution >= 4 is 0 Å². The van der Waals surface area contributed by atoms with Gasteiger partial charge in [0.1, 0.15) is 0 Å². The lowest BCUT2D eigenvalue weighted by atomic mass is 9.80. The first-order chi connectivity index (χ1) is 15.2. The van der Waals surface area contributed by atoms with E-state index in [-0.39, 0.29) is 18.9 Å². The van der Waals surface area contributed by atoms with E-state index < -0.39 is 41.8 Å². The topological polar surface area (TPSA) is 41.6 Å². The number of piperidine rings is 1. The Hall–Kier alpha value is -0.790. The van der Waals surface area contributed by atoms with Crippen molar-refractivity contribution in [2.75, 3.05) is 13.2 Å². The van der Waals surface area contributed by atoms with Crippen LogP contribution in [0.25, 0.3) is 0 Å². The predicted octanol–water partition coefficient (Wildman–Crippen LogP) is 7.15. The third-order valence-corrected chi connectivity index (χ3v) is 5.96. The summed E-state index contributed by atoms with van der Waals surface area (Å²) in [7, 11) is 0. The summed E-state index contributed by atoms with van der Waals surface area (Å²) in [6, 6.07) is 0. The van der Waals surface area contributed by atoms with Crippen molar-refractivity contribution in [3.05, 3.63) is 0 Å². The average Bonchev–Trinajstić information content (AvgIpc) is 2.60. The Kier molecular flexibility index (Phi) is 10.2. The summed E-state index contributed by atoms with van der Waals surface area (Å²) < 4.78 is 124. The van der Waals surface area contributed by atoms with Gasteiger partial charge in [-0.05, 0) is 53.4 Å². The van der Waals surface area contributed by atoms with Crippen molar-refractivity contribution in [2.45, 2.75) is 120 Å². The molecule has 0 saturated carbocycles. The van der Waals surface area contributed by atoms with Gasteiger partial charge in [0.05, 0.1) is 6.10 Å². The lowest BCUT2D eigenvalue weighted by Gasteiger charge is -2.49. The Labute approximate surface area is 193 Å². The SMILES string of the molecule is CC1(C)CC(OCCCCCCCCOC(C(F)(F)F)(C(F)(F)F)C(F)(F)F)CC(C)(C)N1[O]. The normalized spacial score (nSPS) is 20.6. The minimum absolute atomic E-state index is 0.0801. The third kappa shape index (κ3) is 7.36. The molecule has 0 aromatic heterocycles. The fourth-order valence-electron chi connectivity index (χ4n) is 4.40. The maximum Gasteiger partial charge on any atom is 0.435 e. The van der Waals surface area contributed by atoms with Gasteiger partial charge in [-0.15, -0.1) is 10.3 Å². The minimum atomic E-state index is -6.70. The predicted molar refractivity (Wildman–Crippen MR) is 104 cm³/mol. The zero-order chi connectivity index (χ0) is 26.6. The highest BCUT2D eigenvalue weighted by Gasteiger charge is 2.85. The van der Waals surface area contributed by atoms with Crippen LogP contribution < -0.4 is 0 Å². The van der Waals surface area contributed by atoms with E-state index in [9.17, 15) is 44.7 Å². The van der Waals surface area contributed by atoms with Crippen molar-refractivity contribution in [3.8, 4) is 0 Å². The van der Waals surface area contributed by atoms with Gasteiger partial charge in [-0.1, -0.05) is 25.7 Å². The van der Waals surface area contributed by atoms with Crippen molar-refractivity contribution in [2.24, 2.45) is 0 Å². The van der Waals surface area contributed by atoms with Gasteiger partial charge in [0.2, 0.25) is 0 Å². The second-order valence-electron chi connectivity index (χ2n) is 9.96. The standard InChI is InChI=1S/C21H33F9NO3/c1-16(2)13-15(14-17(3,4)31(16)32)33-11-9-7-5-6-8-10-12-34-18(19(22,23)24,20(25,26)27)21(28,29)30/h15H,5-14H2,1-4H3. The summed E-state index contributed by atoms with van der Waals surface area (Å²) >= 11 is 0. The maximum atomic E-state index is 12.8. The molecule has 0 bridgehead atoms. The number of hydroxylamine groups is 2. The number of ether oxygens (including phenoxy) is 2. The third-order valence-electron chi connectivity index (χ3n) is 5.96. The quantitative estimate of drug-likeness (QED) is 0.215. The lowest BCUT2D eigenvalue weighted by molar-refractivity contribution is -0.457. The molecular weight excluding hydrogens is 485 g/mol. The van der Waals surface area contributed by atoms with Gasteiger partial charge in [0, 0.05) is 24.3 Å². The molecule has 1 rings (SSSR count). The smallest absolute Gasteiger partial charge is 0.378 e. The molecule has 1 aliphatic rings. The molecule has 0 aromatic rings. The molecule has 0 atom stereocenters. The highest BCUT2D eigenvalue weighted by molar-refractivity contribution is 5.02. The number of nitrogens with zero attached hydrogens (tertiary/aromatic N) is 1. The zero-order valence-corrected chi connectivity index (χ0v) is 19.7. The summed E-state index contributed by atoms with van der Waals surface area (Å²) in [5, 5.41) is 13.4. The van der Waals surface area contributed by atoms with E-state index in [4.69, 9.17) is 4.74 Å². The van der Waals surface area contributed by atoms with Gasteiger partial charge in [0.15, 0.2) is 0 Å². The highest BCUT2D eigenvalue weighted by Crippen LogP contribution is 2.54. The summed E-state index contributed by atoms with van der Waals surface area (Å²) in [4.78, 5) is 0. The molecule has 1 fully saturated rings. The number of rotatable bonds is 11. The average molecular weight is 518 g/mol. The molecule has 13 heteroatoms. The number of hydrogen-bond donors (Lipinski definition) is 0. The Bertz CT molecular complexity index is 576. The van der Waals surface area contributed by atoms with Crippen LogP contribution in [0.3, 0.4) is 0 Å². The van der Waals surface area contributed by atoms with Crippen LogP contribution in [0.4, 0.5) is 39.5 Å². The van der Waals surface area contributed by atoms with Crippen molar-refractivity contribution < 1.29 is 54.2 Å². The van der Waals surface area contributed by atoms with E-state index in [1.807, 2.05) is 27.7 Å². The van der Waals surface area contributed by atoms with E-state index in [1.54, 1.807) is 0 Å². The lowest BCUT2D eigenvalue weighted by Crippen LogP contribution is -2.67. The van der Waals surface area contributed by atoms with Crippen LogP contribution in [0.2, 0.25) is 0 Å². The fraction of sp³-hybridized carbons (Fsp3) is 1.00. The Morgan fingerprint density at radius 1 is 0.676 bits per heavy atom. The van der Waals surface area contributed by atoms with Crippen molar-refractivity contribution in [1.29, 1.82) is 0 Å². The number of alkyl halides is 9. The number of unbranched alkanes of at least 4 members (excludes halogenated alkanes) is 5. The van der Waals surface area contributed by atoms with Gasteiger partial charge in [-0.25, -0.2) is 0 Å². The van der Waals surface area contributed by atoms with E-state index in [0.29, 0.717) is 45.1 Å². The van der Waals surface area contributed by atoms with Gasteiger partial charge < -0.3 is 9.47 Å². The molecule has 1 heterocycles. The van der Waals surface area contributed by atoms with Crippen molar-refractivity contribution in [3.63, 3.8) is 0 Å². The molecule has 0 spiro atoms. The molecule has 1 radical (unpaired) electrons. The molecular formula is C21H33F9NO3. The summed E-state index contributed by atoms with van der Waals surface area (Å²) in [6.45, 7) is 6.51. The Balaban J connectivity index is 2.33. The van der Waals surface area contributed by atoms with Crippen LogP contribution in [0.1, 0.15) is 79.1 Å². The van der Waals surface area contributed by atoms with Crippen LogP contribution in [0.15, 0.2) is 0 Å². The molecule has 1 saturated heterocycles. The Morgan fingerprint density at radius 2 is 1.03 bits per heavy atom. The monoisotopic (exact) mass is 518 g/mol. The molecule has 0 N–H and O–H groups in total. The first-order valence-electron chi connectivity index (χ1n) is 11.1. The van der Waals surface area contributed by atoms with E-state index in [1.165, 1.54) is 0 Å². The van der Waals surface area contributed by atoms with Gasteiger partial charge in [0.25, 0.3) is 0 Å². The molecule has 0 unspecified atom stereocenters. The van der Waals surface area contributed by atoms with Crippen LogP contribution in [-0.4, -0.2) is 59.6 Å². The number of hydrogen-bond acceptors (Lipinski definition) is 3. The molecule has 34 heavy (non-hydrogen) atoms. The summed E-state index contributed by atoms with van der Waals surface area (Å²) in [5.74, 6) is 0. The second kappa shape index (κ2) is 11.1. The van der Waals surface area contributed by atoms with Crippen LogP contribution in [-0.2, 0) is 14.7 Å². The van der Waals surface area contributed by atoms with E-state index in [2.05, 4.69) is 4.74 Å². The minimum Gasteiger partial charge on any atom is -0.378 e. The maximum absolute atomic E-state index is 12.8. The highest BCUT2D eigenvalue weighted by atomic mass is 19.4. The zero-order valence-electron chi connectivity index (χ0n) is 19.7. The molecule has 1 aliphatic heterocycles.